The number of ketones is 1. The van der Waals surface area contributed by atoms with E-state index in [1.807, 2.05) is 107 Å². The predicted molar refractivity (Wildman–Crippen MR) is 280 cm³/mol. The average molecular weight is 1110 g/mol. The Hall–Kier alpha value is -6.77. The van der Waals surface area contributed by atoms with Gasteiger partial charge in [-0.25, -0.2) is 29.5 Å². The summed E-state index contributed by atoms with van der Waals surface area (Å²) in [5.41, 5.74) is 6.31. The number of carbonyl (C=O) groups excluding carboxylic acids is 2. The quantitative estimate of drug-likeness (QED) is 0.0774. The second-order valence-electron chi connectivity index (χ2n) is 16.1. The van der Waals surface area contributed by atoms with Crippen LogP contribution in [0.3, 0.4) is 0 Å². The van der Waals surface area contributed by atoms with Crippen molar-refractivity contribution in [3.8, 4) is 0 Å². The molecular formula is C48H41Br2Cl2N11O5S. The molecule has 0 bridgehead atoms. The third-order valence-corrected chi connectivity index (χ3v) is 12.2. The molecule has 352 valence electrons. The molecule has 0 saturated heterocycles. The van der Waals surface area contributed by atoms with Gasteiger partial charge >= 0.3 is 12.1 Å². The van der Waals surface area contributed by atoms with E-state index in [4.69, 9.17) is 33.0 Å². The molecule has 4 aromatic carbocycles. The highest BCUT2D eigenvalue weighted by Gasteiger charge is 2.20. The highest BCUT2D eigenvalue weighted by Crippen LogP contribution is 2.29. The molecule has 0 atom stereocenters. The summed E-state index contributed by atoms with van der Waals surface area (Å²) in [7, 11) is 0. The number of hydrogen-bond donors (Lipinski definition) is 5. The summed E-state index contributed by atoms with van der Waals surface area (Å²) in [6, 6.07) is 28.3. The van der Waals surface area contributed by atoms with Crippen LogP contribution in [0.25, 0.3) is 42.8 Å². The molecule has 6 heterocycles. The zero-order valence-electron chi connectivity index (χ0n) is 37.5. The van der Waals surface area contributed by atoms with Crippen molar-refractivity contribution in [2.45, 2.75) is 47.1 Å². The number of fused-ring (bicyclic) bond motifs is 4. The summed E-state index contributed by atoms with van der Waals surface area (Å²) in [4.78, 5) is 53.6. The number of ether oxygens (including phenoxy) is 1. The van der Waals surface area contributed by atoms with Gasteiger partial charge in [0.05, 0.1) is 29.1 Å². The van der Waals surface area contributed by atoms with Crippen molar-refractivity contribution in [1.82, 2.24) is 44.9 Å². The molecule has 0 aliphatic heterocycles. The molecule has 5 N–H and O–H groups in total. The number of nitrogens with zero attached hydrogens (tertiary/aromatic N) is 7. The predicted octanol–water partition coefficient (Wildman–Crippen LogP) is 13.9. The number of carbonyl (C=O) groups is 3. The molecule has 0 amide bonds. The van der Waals surface area contributed by atoms with Crippen LogP contribution in [-0.2, 0) is 4.74 Å². The maximum atomic E-state index is 12.2. The van der Waals surface area contributed by atoms with Gasteiger partial charge in [0.15, 0.2) is 5.78 Å². The summed E-state index contributed by atoms with van der Waals surface area (Å²) in [6.07, 6.45) is 4.44. The summed E-state index contributed by atoms with van der Waals surface area (Å²) < 4.78 is 9.56. The lowest BCUT2D eigenvalue weighted by atomic mass is 10.2. The van der Waals surface area contributed by atoms with E-state index in [-0.39, 0.29) is 16.4 Å². The van der Waals surface area contributed by atoms with Crippen molar-refractivity contribution in [3.63, 3.8) is 0 Å². The van der Waals surface area contributed by atoms with Gasteiger partial charge in [-0.15, -0.1) is 11.3 Å². The van der Waals surface area contributed by atoms with Crippen LogP contribution >= 0.6 is 66.4 Å². The average Bonchev–Trinajstić information content (AvgIpc) is 4.11. The number of H-pyrrole nitrogens is 2. The maximum Gasteiger partial charge on any atom is 0.435 e. The van der Waals surface area contributed by atoms with Crippen molar-refractivity contribution in [2.24, 2.45) is 0 Å². The topological polar surface area (TPSA) is 219 Å². The van der Waals surface area contributed by atoms with E-state index in [9.17, 15) is 14.4 Å². The van der Waals surface area contributed by atoms with Crippen LogP contribution in [0.2, 0.25) is 10.6 Å². The van der Waals surface area contributed by atoms with Crippen molar-refractivity contribution in [3.05, 3.63) is 151 Å². The molecule has 21 heteroatoms. The van der Waals surface area contributed by atoms with Crippen LogP contribution in [0, 0.1) is 13.8 Å². The first-order valence-electron chi connectivity index (χ1n) is 20.7. The lowest BCUT2D eigenvalue weighted by Crippen LogP contribution is -2.27. The zero-order valence-corrected chi connectivity index (χ0v) is 43.0. The fraction of sp³-hybridized carbons (Fsp3) is 0.146. The molecule has 10 aromatic rings. The smallest absolute Gasteiger partial charge is 0.435 e. The number of aromatic carboxylic acids is 1. The van der Waals surface area contributed by atoms with E-state index in [1.165, 1.54) is 16.0 Å². The molecule has 0 aliphatic carbocycles. The van der Waals surface area contributed by atoms with E-state index < -0.39 is 17.7 Å². The van der Waals surface area contributed by atoms with Gasteiger partial charge in [0.1, 0.15) is 22.1 Å². The van der Waals surface area contributed by atoms with Crippen molar-refractivity contribution < 1.29 is 24.2 Å². The Morgan fingerprint density at radius 1 is 0.768 bits per heavy atom. The first-order valence-corrected chi connectivity index (χ1v) is 23.8. The van der Waals surface area contributed by atoms with Crippen LogP contribution in [0.1, 0.15) is 59.1 Å². The molecule has 69 heavy (non-hydrogen) atoms. The number of benzene rings is 4. The molecular weight excluding hydrogens is 1070 g/mol. The van der Waals surface area contributed by atoms with Crippen molar-refractivity contribution in [1.29, 1.82) is 0 Å². The van der Waals surface area contributed by atoms with Crippen LogP contribution in [0.5, 0.6) is 0 Å². The molecule has 10 rings (SSSR count). The van der Waals surface area contributed by atoms with Crippen molar-refractivity contribution in [2.75, 3.05) is 10.6 Å². The number of rotatable bonds is 6. The van der Waals surface area contributed by atoms with E-state index in [0.29, 0.717) is 21.9 Å². The third kappa shape index (κ3) is 13.3. The van der Waals surface area contributed by atoms with Gasteiger partial charge in [0.25, 0.3) is 0 Å². The first kappa shape index (κ1) is 50.1. The molecule has 0 unspecified atom stereocenters. The number of aromatic nitrogens is 9. The third-order valence-electron chi connectivity index (χ3n) is 9.75. The number of carboxylic acids is 1. The summed E-state index contributed by atoms with van der Waals surface area (Å²) in [5, 5.41) is 30.4. The molecule has 0 saturated carbocycles. The highest BCUT2D eigenvalue weighted by molar-refractivity contribution is 9.10. The van der Waals surface area contributed by atoms with Crippen LogP contribution in [0.4, 0.5) is 27.8 Å². The van der Waals surface area contributed by atoms with Gasteiger partial charge in [0.2, 0.25) is 10.6 Å². The minimum atomic E-state index is -0.864. The second kappa shape index (κ2) is 21.7. The Balaban J connectivity index is 0.000000140. The Bertz CT molecular complexity index is 3420. The SMILES string of the molecule is CC(=O)c1cc2ccc(Br)cc2[nH]1.CC(C)(C)OC(=O)n1ncc2cc(Nc3ccnc(Cl)n3)ccc21.Cc1nc(Cl)nc(Nc2ccc3[nH]ncc3c2)c1C.O=C(O)c1cc2ccc(Br)cc2s1. The van der Waals surface area contributed by atoms with Crippen LogP contribution in [0.15, 0.2) is 119 Å². The number of carboxylic acid groups (broad SMARTS) is 1. The highest BCUT2D eigenvalue weighted by atomic mass is 79.9. The molecule has 6 aromatic heterocycles. The number of anilines is 4. The van der Waals surface area contributed by atoms with Gasteiger partial charge in [-0.2, -0.15) is 14.9 Å². The van der Waals surface area contributed by atoms with Gasteiger partial charge < -0.3 is 25.5 Å². The van der Waals surface area contributed by atoms with E-state index in [2.05, 4.69) is 82.7 Å². The monoisotopic (exact) mass is 1110 g/mol. The van der Waals surface area contributed by atoms with Gasteiger partial charge in [-0.3, -0.25) is 9.89 Å². The van der Waals surface area contributed by atoms with Gasteiger partial charge in [-0.1, -0.05) is 44.0 Å². The lowest BCUT2D eigenvalue weighted by Gasteiger charge is -2.19. The Labute approximate surface area is 425 Å². The lowest BCUT2D eigenvalue weighted by molar-refractivity contribution is 0.0522. The normalized spacial score (nSPS) is 11.0. The van der Waals surface area contributed by atoms with E-state index in [1.54, 1.807) is 43.7 Å². The van der Waals surface area contributed by atoms with Crippen LogP contribution in [-0.4, -0.2) is 73.5 Å². The Kier molecular flexibility index (Phi) is 15.7. The molecule has 0 radical (unpaired) electrons. The largest absolute Gasteiger partial charge is 0.477 e. The van der Waals surface area contributed by atoms with Gasteiger partial charge in [-0.05, 0) is 142 Å². The van der Waals surface area contributed by atoms with Gasteiger partial charge in [0, 0.05) is 71.1 Å². The van der Waals surface area contributed by atoms with E-state index in [0.717, 1.165) is 74.7 Å². The summed E-state index contributed by atoms with van der Waals surface area (Å²) in [6.45, 7) is 10.9. The minimum Gasteiger partial charge on any atom is -0.477 e. The summed E-state index contributed by atoms with van der Waals surface area (Å²) in [5.74, 6) is 0.499. The first-order chi connectivity index (χ1) is 32.8. The number of aromatic amines is 2. The maximum absolute atomic E-state index is 12.2. The Morgan fingerprint density at radius 2 is 1.48 bits per heavy atom. The number of Topliss-reactive ketones (excluding diaryl/α,β-unsaturated/α-hetero) is 1. The Morgan fingerprint density at radius 3 is 2.20 bits per heavy atom. The standard InChI is InChI=1S/C16H16ClN5O2.C13H12ClN5.C10H8BrNO.C9H5BrO2S/c1-16(2,3)24-15(23)22-12-5-4-11(8-10(12)9-19-22)20-13-6-7-18-14(17)21-13;1-7-8(2)16-13(14)18-12(7)17-10-3-4-11-9(5-10)6-15-19-11;1-6(13)9-4-7-2-3-8(11)5-10(7)12-9;10-6-2-1-5-3-8(9(11)12)13-7(5)4-6/h4-9H,1-3H3,(H,18,20,21);3-6H,1-2H3,(H,15,19)(H,16,17,18);2-5,12H,1H3;1-4H,(H,11,12). The number of hydrogen-bond acceptors (Lipinski definition) is 13. The molecule has 0 fully saturated rings. The number of aryl methyl sites for hydroxylation is 1. The number of thiophene rings is 1. The van der Waals surface area contributed by atoms with E-state index >= 15 is 0 Å². The zero-order chi connectivity index (χ0) is 49.6. The fourth-order valence-corrected chi connectivity index (χ4v) is 8.56. The number of nitrogens with one attached hydrogen (secondary N) is 4. The van der Waals surface area contributed by atoms with Crippen molar-refractivity contribution >= 4 is 150 Å². The molecule has 16 nitrogen and oxygen atoms in total. The van der Waals surface area contributed by atoms with Crippen LogP contribution < -0.4 is 10.6 Å². The summed E-state index contributed by atoms with van der Waals surface area (Å²) >= 11 is 19.7. The number of halogens is 4. The fourth-order valence-electron chi connectivity index (χ4n) is 6.39. The second-order valence-corrected chi connectivity index (χ2v) is 19.7. The molecule has 0 spiro atoms. The minimum absolute atomic E-state index is 0.0623. The molecule has 0 aliphatic rings.